The van der Waals surface area contributed by atoms with Crippen LogP contribution < -0.4 is 10.2 Å². The second kappa shape index (κ2) is 9.07. The van der Waals surface area contributed by atoms with Gasteiger partial charge in [-0.1, -0.05) is 15.9 Å². The van der Waals surface area contributed by atoms with Gasteiger partial charge in [0.05, 0.1) is 24.8 Å². The molecule has 0 aliphatic rings. The number of rotatable bonds is 7. The maximum Gasteiger partial charge on any atom is 0.255 e. The molecular formula is C17H17BrFN3O4S. The standard InChI is InChI=1S/C17H17BrFN3O4S/c1-22(27(24,25)15-6-4-14(19)5-7-15)11-17(23)21-20-10-12-9-13(18)3-8-16(12)26-2/h3-10H,11H2,1-2H3,(H,21,23)/b20-10-. The molecule has 2 aromatic carbocycles. The normalized spacial score (nSPS) is 11.7. The lowest BCUT2D eigenvalue weighted by atomic mass is 10.2. The van der Waals surface area contributed by atoms with Gasteiger partial charge in [-0.25, -0.2) is 18.2 Å². The van der Waals surface area contributed by atoms with Crippen LogP contribution in [-0.4, -0.2) is 45.5 Å². The van der Waals surface area contributed by atoms with E-state index in [-0.39, 0.29) is 4.90 Å². The minimum absolute atomic E-state index is 0.110. The lowest BCUT2D eigenvalue weighted by Crippen LogP contribution is -2.36. The van der Waals surface area contributed by atoms with E-state index in [0.29, 0.717) is 11.3 Å². The number of benzene rings is 2. The second-order valence-electron chi connectivity index (χ2n) is 5.39. The molecule has 0 saturated heterocycles. The quantitative estimate of drug-likeness (QED) is 0.510. The fourth-order valence-electron chi connectivity index (χ4n) is 2.09. The van der Waals surface area contributed by atoms with Gasteiger partial charge in [0.15, 0.2) is 0 Å². The molecular weight excluding hydrogens is 441 g/mol. The number of ether oxygens (including phenoxy) is 1. The zero-order valence-electron chi connectivity index (χ0n) is 14.5. The fourth-order valence-corrected chi connectivity index (χ4v) is 3.59. The van der Waals surface area contributed by atoms with Gasteiger partial charge in [-0.3, -0.25) is 4.79 Å². The maximum absolute atomic E-state index is 12.9. The number of nitrogens with one attached hydrogen (secondary N) is 1. The van der Waals surface area contributed by atoms with Crippen molar-refractivity contribution < 1.29 is 22.3 Å². The van der Waals surface area contributed by atoms with E-state index in [0.717, 1.165) is 33.0 Å². The summed E-state index contributed by atoms with van der Waals surface area (Å²) in [6, 6.07) is 9.63. The molecule has 0 fully saturated rings. The highest BCUT2D eigenvalue weighted by Crippen LogP contribution is 2.21. The molecule has 0 aromatic heterocycles. The number of carbonyl (C=O) groups excluding carboxylic acids is 1. The number of hydrogen-bond acceptors (Lipinski definition) is 5. The minimum atomic E-state index is -3.92. The van der Waals surface area contributed by atoms with E-state index in [9.17, 15) is 17.6 Å². The van der Waals surface area contributed by atoms with Crippen molar-refractivity contribution in [1.82, 2.24) is 9.73 Å². The molecule has 0 aliphatic heterocycles. The summed E-state index contributed by atoms with van der Waals surface area (Å²) in [5, 5.41) is 3.81. The van der Waals surface area contributed by atoms with E-state index in [4.69, 9.17) is 4.74 Å². The Morgan fingerprint density at radius 3 is 2.59 bits per heavy atom. The summed E-state index contributed by atoms with van der Waals surface area (Å²) in [6.45, 7) is -0.452. The summed E-state index contributed by atoms with van der Waals surface area (Å²) >= 11 is 3.33. The molecule has 0 saturated carbocycles. The number of nitrogens with zero attached hydrogens (tertiary/aromatic N) is 2. The van der Waals surface area contributed by atoms with Crippen LogP contribution in [0.3, 0.4) is 0 Å². The largest absolute Gasteiger partial charge is 0.496 e. The van der Waals surface area contributed by atoms with Crippen molar-refractivity contribution in [2.75, 3.05) is 20.7 Å². The van der Waals surface area contributed by atoms with E-state index in [1.807, 2.05) is 0 Å². The van der Waals surface area contributed by atoms with E-state index >= 15 is 0 Å². The minimum Gasteiger partial charge on any atom is -0.496 e. The van der Waals surface area contributed by atoms with Gasteiger partial charge in [-0.15, -0.1) is 0 Å². The van der Waals surface area contributed by atoms with Crippen molar-refractivity contribution in [3.05, 3.63) is 58.3 Å². The fraction of sp³-hybridized carbons (Fsp3) is 0.176. The molecule has 0 aliphatic carbocycles. The Labute approximate surface area is 165 Å². The summed E-state index contributed by atoms with van der Waals surface area (Å²) in [5.74, 6) is -0.618. The molecule has 1 N–H and O–H groups in total. The van der Waals surface area contributed by atoms with E-state index in [2.05, 4.69) is 26.5 Å². The Morgan fingerprint density at radius 2 is 1.96 bits per heavy atom. The zero-order valence-corrected chi connectivity index (χ0v) is 16.9. The molecule has 2 aromatic rings. The number of sulfonamides is 1. The van der Waals surface area contributed by atoms with Gasteiger partial charge in [-0.05, 0) is 42.5 Å². The number of methoxy groups -OCH3 is 1. The number of carbonyl (C=O) groups is 1. The van der Waals surface area contributed by atoms with Gasteiger partial charge >= 0.3 is 0 Å². The summed E-state index contributed by atoms with van der Waals surface area (Å²) < 4.78 is 44.5. The van der Waals surface area contributed by atoms with Crippen molar-refractivity contribution in [1.29, 1.82) is 0 Å². The highest BCUT2D eigenvalue weighted by molar-refractivity contribution is 9.10. The molecule has 2 rings (SSSR count). The van der Waals surface area contributed by atoms with Gasteiger partial charge in [0, 0.05) is 17.1 Å². The van der Waals surface area contributed by atoms with Crippen LogP contribution in [0.2, 0.25) is 0 Å². The Bertz CT molecular complexity index is 949. The van der Waals surface area contributed by atoms with Crippen LogP contribution in [0.5, 0.6) is 5.75 Å². The highest BCUT2D eigenvalue weighted by Gasteiger charge is 2.22. The number of likely N-dealkylation sites (N-methyl/N-ethyl adjacent to an activating group) is 1. The van der Waals surface area contributed by atoms with Gasteiger partial charge in [-0.2, -0.15) is 9.41 Å². The van der Waals surface area contributed by atoms with Gasteiger partial charge < -0.3 is 4.74 Å². The van der Waals surface area contributed by atoms with Crippen molar-refractivity contribution in [2.24, 2.45) is 5.10 Å². The summed E-state index contributed by atoms with van der Waals surface area (Å²) in [5.41, 5.74) is 2.88. The van der Waals surface area contributed by atoms with E-state index in [1.54, 1.807) is 18.2 Å². The summed E-state index contributed by atoms with van der Waals surface area (Å²) in [4.78, 5) is 11.9. The van der Waals surface area contributed by atoms with Crippen LogP contribution >= 0.6 is 15.9 Å². The number of hydrogen-bond donors (Lipinski definition) is 1. The Balaban J connectivity index is 2.01. The van der Waals surface area contributed by atoms with Crippen molar-refractivity contribution in [3.8, 4) is 5.75 Å². The molecule has 0 radical (unpaired) electrons. The lowest BCUT2D eigenvalue weighted by Gasteiger charge is -2.16. The summed E-state index contributed by atoms with van der Waals surface area (Å²) in [6.07, 6.45) is 1.38. The molecule has 0 bridgehead atoms. The van der Waals surface area contributed by atoms with Crippen LogP contribution in [-0.2, 0) is 14.8 Å². The first-order valence-electron chi connectivity index (χ1n) is 7.61. The average Bonchev–Trinajstić information content (AvgIpc) is 2.62. The van der Waals surface area contributed by atoms with Crippen LogP contribution in [0.4, 0.5) is 4.39 Å². The van der Waals surface area contributed by atoms with Gasteiger partial charge in [0.1, 0.15) is 11.6 Å². The van der Waals surface area contributed by atoms with E-state index < -0.39 is 28.3 Å². The maximum atomic E-state index is 12.9. The third kappa shape index (κ3) is 5.59. The molecule has 144 valence electrons. The number of halogens is 2. The monoisotopic (exact) mass is 457 g/mol. The molecule has 27 heavy (non-hydrogen) atoms. The SMILES string of the molecule is COc1ccc(Br)cc1/C=N\NC(=O)CN(C)S(=O)(=O)c1ccc(F)cc1. The second-order valence-corrected chi connectivity index (χ2v) is 8.36. The third-order valence-electron chi connectivity index (χ3n) is 3.47. The number of amides is 1. The Kier molecular flexibility index (Phi) is 7.05. The predicted octanol–water partition coefficient (Wildman–Crippen LogP) is 2.37. The van der Waals surface area contributed by atoms with Gasteiger partial charge in [0.25, 0.3) is 5.91 Å². The first kappa shape index (κ1) is 21.0. The smallest absolute Gasteiger partial charge is 0.255 e. The van der Waals surface area contributed by atoms with Crippen molar-refractivity contribution in [3.63, 3.8) is 0 Å². The summed E-state index contributed by atoms with van der Waals surface area (Å²) in [7, 11) is -1.16. The first-order valence-corrected chi connectivity index (χ1v) is 9.84. The van der Waals surface area contributed by atoms with Crippen LogP contribution in [0.25, 0.3) is 0 Å². The average molecular weight is 458 g/mol. The van der Waals surface area contributed by atoms with Crippen molar-refractivity contribution >= 4 is 38.1 Å². The van der Waals surface area contributed by atoms with Crippen LogP contribution in [0, 0.1) is 5.82 Å². The zero-order chi connectivity index (χ0) is 20.0. The Hall–Kier alpha value is -2.30. The Morgan fingerprint density at radius 1 is 1.30 bits per heavy atom. The molecule has 1 amide bonds. The molecule has 0 unspecified atom stereocenters. The molecule has 0 spiro atoms. The molecule has 0 atom stereocenters. The molecule has 0 heterocycles. The highest BCUT2D eigenvalue weighted by atomic mass is 79.9. The first-order chi connectivity index (χ1) is 12.7. The lowest BCUT2D eigenvalue weighted by molar-refractivity contribution is -0.121. The topological polar surface area (TPSA) is 88.1 Å². The molecule has 7 nitrogen and oxygen atoms in total. The van der Waals surface area contributed by atoms with Crippen LogP contribution in [0.1, 0.15) is 5.56 Å². The molecule has 10 heteroatoms. The predicted molar refractivity (Wildman–Crippen MR) is 103 cm³/mol. The number of hydrazone groups is 1. The van der Waals surface area contributed by atoms with Gasteiger partial charge in [0.2, 0.25) is 10.0 Å². The van der Waals surface area contributed by atoms with Crippen LogP contribution in [0.15, 0.2) is 56.9 Å². The van der Waals surface area contributed by atoms with E-state index in [1.165, 1.54) is 20.4 Å². The van der Waals surface area contributed by atoms with Crippen molar-refractivity contribution in [2.45, 2.75) is 4.90 Å². The third-order valence-corrected chi connectivity index (χ3v) is 5.78.